The third-order valence-electron chi connectivity index (χ3n) is 2.49. The van der Waals surface area contributed by atoms with E-state index in [9.17, 15) is 0 Å². The van der Waals surface area contributed by atoms with Gasteiger partial charge in [-0.1, -0.05) is 18.2 Å². The number of para-hydroxylation sites is 1. The summed E-state index contributed by atoms with van der Waals surface area (Å²) in [5.41, 5.74) is 8.03. The number of hydrogen-bond donors (Lipinski definition) is 1. The molecule has 84 valence electrons. The van der Waals surface area contributed by atoms with Crippen LogP contribution in [0.3, 0.4) is 0 Å². The monoisotopic (exact) mass is 233 g/mol. The maximum atomic E-state index is 5.92. The first kappa shape index (κ1) is 11.2. The van der Waals surface area contributed by atoms with Crippen molar-refractivity contribution in [3.05, 3.63) is 52.2 Å². The van der Waals surface area contributed by atoms with Gasteiger partial charge < -0.3 is 10.5 Å². The van der Waals surface area contributed by atoms with Gasteiger partial charge in [-0.15, -0.1) is 0 Å². The molecule has 2 aromatic rings. The molecule has 0 spiro atoms. The Bertz CT molecular complexity index is 439. The minimum Gasteiger partial charge on any atom is -0.484 e. The van der Waals surface area contributed by atoms with Crippen LogP contribution in [0.2, 0.25) is 0 Å². The van der Waals surface area contributed by atoms with Gasteiger partial charge in [0, 0.05) is 12.1 Å². The van der Waals surface area contributed by atoms with E-state index in [2.05, 4.69) is 11.4 Å². The quantitative estimate of drug-likeness (QED) is 0.880. The summed E-state index contributed by atoms with van der Waals surface area (Å²) >= 11 is 1.66. The van der Waals surface area contributed by atoms with Crippen LogP contribution in [0.1, 0.15) is 17.2 Å². The molecule has 1 atom stereocenters. The third kappa shape index (κ3) is 2.43. The molecule has 2 rings (SSSR count). The van der Waals surface area contributed by atoms with Gasteiger partial charge in [-0.3, -0.25) is 0 Å². The molecule has 0 aliphatic heterocycles. The Morgan fingerprint density at radius 1 is 1.31 bits per heavy atom. The van der Waals surface area contributed by atoms with Crippen LogP contribution in [0.5, 0.6) is 5.75 Å². The van der Waals surface area contributed by atoms with E-state index in [1.165, 1.54) is 0 Å². The fourth-order valence-corrected chi connectivity index (χ4v) is 2.25. The summed E-state index contributed by atoms with van der Waals surface area (Å²) in [5, 5.41) is 4.12. The van der Waals surface area contributed by atoms with Crippen LogP contribution in [0.25, 0.3) is 0 Å². The summed E-state index contributed by atoms with van der Waals surface area (Å²) in [5.74, 6) is 0.907. The van der Waals surface area contributed by atoms with Crippen molar-refractivity contribution in [1.82, 2.24) is 0 Å². The highest BCUT2D eigenvalue weighted by atomic mass is 32.1. The predicted octanol–water partition coefficient (Wildman–Crippen LogP) is 3.14. The van der Waals surface area contributed by atoms with Crippen LogP contribution >= 0.6 is 11.3 Å². The second-order valence-electron chi connectivity index (χ2n) is 3.66. The topological polar surface area (TPSA) is 35.2 Å². The number of rotatable bonds is 4. The molecule has 0 amide bonds. The first-order valence-electron chi connectivity index (χ1n) is 5.25. The lowest BCUT2D eigenvalue weighted by molar-refractivity contribution is 0.213. The Balaban J connectivity index is 2.17. The van der Waals surface area contributed by atoms with Crippen molar-refractivity contribution >= 4 is 11.3 Å². The second kappa shape index (κ2) is 5.14. The number of benzene rings is 1. The van der Waals surface area contributed by atoms with Crippen molar-refractivity contribution in [3.8, 4) is 5.75 Å². The van der Waals surface area contributed by atoms with Gasteiger partial charge in [-0.25, -0.2) is 0 Å². The van der Waals surface area contributed by atoms with Gasteiger partial charge in [0.25, 0.3) is 0 Å². The minimum absolute atomic E-state index is 0.0488. The van der Waals surface area contributed by atoms with E-state index in [1.54, 1.807) is 11.3 Å². The van der Waals surface area contributed by atoms with Gasteiger partial charge >= 0.3 is 0 Å². The molecule has 1 aromatic carbocycles. The Kier molecular flexibility index (Phi) is 3.59. The molecule has 1 unspecified atom stereocenters. The van der Waals surface area contributed by atoms with Crippen LogP contribution in [0.15, 0.2) is 41.1 Å². The van der Waals surface area contributed by atoms with E-state index in [0.29, 0.717) is 6.54 Å². The molecule has 0 saturated carbocycles. The van der Waals surface area contributed by atoms with Crippen molar-refractivity contribution in [2.45, 2.75) is 13.0 Å². The molecule has 1 heterocycles. The molecule has 1 aromatic heterocycles. The smallest absolute Gasteiger partial charge is 0.137 e. The van der Waals surface area contributed by atoms with E-state index >= 15 is 0 Å². The first-order valence-corrected chi connectivity index (χ1v) is 6.20. The van der Waals surface area contributed by atoms with E-state index in [4.69, 9.17) is 10.5 Å². The third-order valence-corrected chi connectivity index (χ3v) is 3.19. The summed E-state index contributed by atoms with van der Waals surface area (Å²) in [6, 6.07) is 10.1. The Morgan fingerprint density at radius 3 is 2.75 bits per heavy atom. The maximum absolute atomic E-state index is 5.92. The molecule has 0 aliphatic carbocycles. The average molecular weight is 233 g/mol. The van der Waals surface area contributed by atoms with E-state index in [0.717, 1.165) is 16.9 Å². The molecule has 0 bridgehead atoms. The molecule has 16 heavy (non-hydrogen) atoms. The second-order valence-corrected chi connectivity index (χ2v) is 4.44. The van der Waals surface area contributed by atoms with Crippen LogP contribution in [-0.4, -0.2) is 6.54 Å². The number of aryl methyl sites for hydroxylation is 1. The Labute approximate surface area is 99.7 Å². The van der Waals surface area contributed by atoms with Crippen molar-refractivity contribution in [1.29, 1.82) is 0 Å². The lowest BCUT2D eigenvalue weighted by atomic mass is 10.2. The zero-order valence-corrected chi connectivity index (χ0v) is 10.0. The van der Waals surface area contributed by atoms with Crippen molar-refractivity contribution in [3.63, 3.8) is 0 Å². The lowest BCUT2D eigenvalue weighted by Gasteiger charge is -2.17. The van der Waals surface area contributed by atoms with Gasteiger partial charge in [-0.2, -0.15) is 11.3 Å². The SMILES string of the molecule is Cc1ccccc1OC(CN)c1ccsc1. The molecular formula is C13H15NOS. The van der Waals surface area contributed by atoms with Gasteiger partial charge in [0.1, 0.15) is 11.9 Å². The fourth-order valence-electron chi connectivity index (χ4n) is 1.55. The summed E-state index contributed by atoms with van der Waals surface area (Å²) in [4.78, 5) is 0. The zero-order valence-electron chi connectivity index (χ0n) is 9.22. The molecule has 0 radical (unpaired) electrons. The maximum Gasteiger partial charge on any atom is 0.137 e. The number of nitrogens with two attached hydrogens (primary N) is 1. The highest BCUT2D eigenvalue weighted by Crippen LogP contribution is 2.25. The summed E-state index contributed by atoms with van der Waals surface area (Å²) in [7, 11) is 0. The fraction of sp³-hybridized carbons (Fsp3) is 0.231. The summed E-state index contributed by atoms with van der Waals surface area (Å²) < 4.78 is 5.92. The largest absolute Gasteiger partial charge is 0.484 e. The minimum atomic E-state index is -0.0488. The van der Waals surface area contributed by atoms with E-state index in [-0.39, 0.29) is 6.10 Å². The van der Waals surface area contributed by atoms with Gasteiger partial charge in [0.05, 0.1) is 0 Å². The van der Waals surface area contributed by atoms with Gasteiger partial charge in [0.2, 0.25) is 0 Å². The predicted molar refractivity (Wildman–Crippen MR) is 67.9 cm³/mol. The van der Waals surface area contributed by atoms with E-state index < -0.39 is 0 Å². The van der Waals surface area contributed by atoms with Crippen LogP contribution in [-0.2, 0) is 0 Å². The molecule has 0 saturated heterocycles. The molecule has 2 nitrogen and oxygen atoms in total. The average Bonchev–Trinajstić information content (AvgIpc) is 2.81. The van der Waals surface area contributed by atoms with Gasteiger partial charge in [-0.05, 0) is 35.4 Å². The first-order chi connectivity index (χ1) is 7.81. The van der Waals surface area contributed by atoms with Crippen molar-refractivity contribution in [2.75, 3.05) is 6.54 Å². The Morgan fingerprint density at radius 2 is 2.12 bits per heavy atom. The van der Waals surface area contributed by atoms with E-state index in [1.807, 2.05) is 36.6 Å². The summed E-state index contributed by atoms with van der Waals surface area (Å²) in [6.07, 6.45) is -0.0488. The van der Waals surface area contributed by atoms with Crippen LogP contribution in [0.4, 0.5) is 0 Å². The Hall–Kier alpha value is -1.32. The lowest BCUT2D eigenvalue weighted by Crippen LogP contribution is -2.18. The molecule has 0 fully saturated rings. The normalized spacial score (nSPS) is 12.4. The number of thiophene rings is 1. The standard InChI is InChI=1S/C13H15NOS/c1-10-4-2-3-5-12(10)15-13(8-14)11-6-7-16-9-11/h2-7,9,13H,8,14H2,1H3. The summed E-state index contributed by atoms with van der Waals surface area (Å²) in [6.45, 7) is 2.53. The number of hydrogen-bond acceptors (Lipinski definition) is 3. The highest BCUT2D eigenvalue weighted by Gasteiger charge is 2.12. The number of ether oxygens (including phenoxy) is 1. The zero-order chi connectivity index (χ0) is 11.4. The van der Waals surface area contributed by atoms with Crippen molar-refractivity contribution in [2.24, 2.45) is 5.73 Å². The molecule has 0 aliphatic rings. The molecule has 3 heteroatoms. The van der Waals surface area contributed by atoms with Crippen molar-refractivity contribution < 1.29 is 4.74 Å². The van der Waals surface area contributed by atoms with Crippen LogP contribution < -0.4 is 10.5 Å². The molecular weight excluding hydrogens is 218 g/mol. The molecule has 2 N–H and O–H groups in total. The van der Waals surface area contributed by atoms with Crippen LogP contribution in [0, 0.1) is 6.92 Å². The highest BCUT2D eigenvalue weighted by molar-refractivity contribution is 7.07. The van der Waals surface area contributed by atoms with Gasteiger partial charge in [0.15, 0.2) is 0 Å².